The smallest absolute Gasteiger partial charge is 0.183 e. The highest BCUT2D eigenvalue weighted by Crippen LogP contribution is 2.23. The number of nitrogens with zero attached hydrogens (tertiary/aromatic N) is 1. The van der Waals surface area contributed by atoms with Gasteiger partial charge in [0.05, 0.1) is 6.26 Å². The van der Waals surface area contributed by atoms with Crippen LogP contribution in [0.15, 0.2) is 22.8 Å². The summed E-state index contributed by atoms with van der Waals surface area (Å²) in [6.07, 6.45) is 4.01. The molecule has 2 heterocycles. The van der Waals surface area contributed by atoms with Crippen LogP contribution in [-0.4, -0.2) is 15.8 Å². The summed E-state index contributed by atoms with van der Waals surface area (Å²) in [5, 5.41) is 0. The summed E-state index contributed by atoms with van der Waals surface area (Å²) in [6, 6.07) is 3.63. The van der Waals surface area contributed by atoms with Crippen molar-refractivity contribution in [2.45, 2.75) is 19.3 Å². The van der Waals surface area contributed by atoms with E-state index in [2.05, 4.69) is 9.97 Å². The van der Waals surface area contributed by atoms with Crippen LogP contribution >= 0.6 is 0 Å². The van der Waals surface area contributed by atoms with E-state index in [1.54, 1.807) is 12.3 Å². The molecule has 0 aliphatic heterocycles. The van der Waals surface area contributed by atoms with Gasteiger partial charge < -0.3 is 9.40 Å². The van der Waals surface area contributed by atoms with E-state index in [4.69, 9.17) is 4.42 Å². The van der Waals surface area contributed by atoms with E-state index in [0.717, 1.165) is 18.5 Å². The lowest BCUT2D eigenvalue weighted by atomic mass is 10.0. The lowest BCUT2D eigenvalue weighted by Gasteiger charge is -2.06. The maximum Gasteiger partial charge on any atom is 0.183 e. The molecule has 0 saturated carbocycles. The van der Waals surface area contributed by atoms with Gasteiger partial charge in [-0.2, -0.15) is 0 Å². The van der Waals surface area contributed by atoms with Crippen LogP contribution in [0.1, 0.15) is 29.0 Å². The van der Waals surface area contributed by atoms with Crippen molar-refractivity contribution in [1.82, 2.24) is 9.97 Å². The molecular formula is C11H10N2O2. The molecular weight excluding hydrogens is 192 g/mol. The maximum absolute atomic E-state index is 11.6. The van der Waals surface area contributed by atoms with E-state index < -0.39 is 0 Å². The van der Waals surface area contributed by atoms with E-state index in [-0.39, 0.29) is 5.78 Å². The summed E-state index contributed by atoms with van der Waals surface area (Å²) >= 11 is 0. The molecule has 4 heteroatoms. The van der Waals surface area contributed by atoms with Gasteiger partial charge in [0.25, 0.3) is 0 Å². The number of hydrogen-bond acceptors (Lipinski definition) is 3. The molecule has 0 aromatic carbocycles. The molecule has 0 saturated heterocycles. The summed E-state index contributed by atoms with van der Waals surface area (Å²) in [4.78, 5) is 19.0. The predicted molar refractivity (Wildman–Crippen MR) is 53.6 cm³/mol. The molecule has 0 radical (unpaired) electrons. The number of hydrogen-bond donors (Lipinski definition) is 1. The average molecular weight is 202 g/mol. The summed E-state index contributed by atoms with van der Waals surface area (Å²) in [7, 11) is 0. The van der Waals surface area contributed by atoms with Gasteiger partial charge in [0.2, 0.25) is 0 Å². The number of aromatic nitrogens is 2. The second kappa shape index (κ2) is 3.08. The SMILES string of the molecule is O=C1CCCc2[nH]c(-c3ccco3)nc21. The third kappa shape index (κ3) is 1.29. The number of aromatic amines is 1. The third-order valence-corrected chi connectivity index (χ3v) is 2.63. The number of furan rings is 1. The molecule has 0 spiro atoms. The fraction of sp³-hybridized carbons (Fsp3) is 0.273. The first-order valence-corrected chi connectivity index (χ1v) is 5.00. The van der Waals surface area contributed by atoms with Crippen LogP contribution in [0.4, 0.5) is 0 Å². The average Bonchev–Trinajstić information content (AvgIpc) is 2.86. The van der Waals surface area contributed by atoms with Gasteiger partial charge in [0.1, 0.15) is 5.69 Å². The molecule has 0 atom stereocenters. The number of carbonyl (C=O) groups is 1. The van der Waals surface area contributed by atoms with Crippen LogP contribution in [0.2, 0.25) is 0 Å². The van der Waals surface area contributed by atoms with Crippen LogP contribution in [0.25, 0.3) is 11.6 Å². The number of ketones is 1. The minimum absolute atomic E-state index is 0.130. The lowest BCUT2D eigenvalue weighted by molar-refractivity contribution is 0.0968. The Morgan fingerprint density at radius 3 is 3.07 bits per heavy atom. The Hall–Kier alpha value is -1.84. The van der Waals surface area contributed by atoms with Crippen molar-refractivity contribution < 1.29 is 9.21 Å². The number of rotatable bonds is 1. The van der Waals surface area contributed by atoms with Gasteiger partial charge in [0, 0.05) is 12.1 Å². The van der Waals surface area contributed by atoms with Crippen molar-refractivity contribution in [3.05, 3.63) is 29.8 Å². The minimum atomic E-state index is 0.130. The van der Waals surface area contributed by atoms with Crippen LogP contribution < -0.4 is 0 Å². The van der Waals surface area contributed by atoms with Crippen LogP contribution in [-0.2, 0) is 6.42 Å². The van der Waals surface area contributed by atoms with Crippen molar-refractivity contribution >= 4 is 5.78 Å². The van der Waals surface area contributed by atoms with Gasteiger partial charge in [-0.3, -0.25) is 4.79 Å². The van der Waals surface area contributed by atoms with E-state index >= 15 is 0 Å². The molecule has 3 rings (SSSR count). The Bertz CT molecular complexity index is 497. The fourth-order valence-electron chi connectivity index (χ4n) is 1.90. The number of aryl methyl sites for hydroxylation is 1. The van der Waals surface area contributed by atoms with Crippen molar-refractivity contribution in [2.24, 2.45) is 0 Å². The van der Waals surface area contributed by atoms with Gasteiger partial charge in [0.15, 0.2) is 17.4 Å². The molecule has 0 unspecified atom stereocenters. The van der Waals surface area contributed by atoms with Crippen LogP contribution in [0, 0.1) is 0 Å². The first kappa shape index (κ1) is 8.47. The van der Waals surface area contributed by atoms with Gasteiger partial charge in [-0.15, -0.1) is 0 Å². The molecule has 2 aromatic rings. The zero-order valence-electron chi connectivity index (χ0n) is 8.12. The number of imidazole rings is 1. The number of fused-ring (bicyclic) bond motifs is 1. The number of Topliss-reactive ketones (excluding diaryl/α,β-unsaturated/α-hetero) is 1. The van der Waals surface area contributed by atoms with Crippen LogP contribution in [0.5, 0.6) is 0 Å². The second-order valence-electron chi connectivity index (χ2n) is 3.67. The first-order chi connectivity index (χ1) is 7.34. The normalized spacial score (nSPS) is 15.3. The summed E-state index contributed by atoms with van der Waals surface area (Å²) in [5.74, 6) is 1.46. The Balaban J connectivity index is 2.09. The monoisotopic (exact) mass is 202 g/mol. The van der Waals surface area contributed by atoms with Crippen molar-refractivity contribution in [3.8, 4) is 11.6 Å². The largest absolute Gasteiger partial charge is 0.461 e. The van der Waals surface area contributed by atoms with E-state index in [9.17, 15) is 4.79 Å². The second-order valence-corrected chi connectivity index (χ2v) is 3.67. The van der Waals surface area contributed by atoms with Crippen molar-refractivity contribution in [3.63, 3.8) is 0 Å². The Labute approximate surface area is 86.3 Å². The highest BCUT2D eigenvalue weighted by molar-refractivity contribution is 5.96. The predicted octanol–water partition coefficient (Wildman–Crippen LogP) is 2.19. The summed E-state index contributed by atoms with van der Waals surface area (Å²) < 4.78 is 5.23. The van der Waals surface area contributed by atoms with Gasteiger partial charge in [-0.25, -0.2) is 4.98 Å². The molecule has 2 aromatic heterocycles. The number of nitrogens with one attached hydrogen (secondary N) is 1. The standard InChI is InChI=1S/C11H10N2O2/c14-8-4-1-3-7-10(8)13-11(12-7)9-5-2-6-15-9/h2,5-6H,1,3-4H2,(H,12,13). The van der Waals surface area contributed by atoms with Crippen LogP contribution in [0.3, 0.4) is 0 Å². The highest BCUT2D eigenvalue weighted by Gasteiger charge is 2.22. The van der Waals surface area contributed by atoms with E-state index in [1.807, 2.05) is 6.07 Å². The third-order valence-electron chi connectivity index (χ3n) is 2.63. The molecule has 0 fully saturated rings. The quantitative estimate of drug-likeness (QED) is 0.771. The minimum Gasteiger partial charge on any atom is -0.461 e. The summed E-state index contributed by atoms with van der Waals surface area (Å²) in [5.41, 5.74) is 1.53. The maximum atomic E-state index is 11.6. The molecule has 1 aliphatic carbocycles. The molecule has 76 valence electrons. The Morgan fingerprint density at radius 1 is 1.40 bits per heavy atom. The number of carbonyl (C=O) groups excluding carboxylic acids is 1. The van der Waals surface area contributed by atoms with Gasteiger partial charge >= 0.3 is 0 Å². The zero-order chi connectivity index (χ0) is 10.3. The topological polar surface area (TPSA) is 58.9 Å². The highest BCUT2D eigenvalue weighted by atomic mass is 16.3. The fourth-order valence-corrected chi connectivity index (χ4v) is 1.90. The molecule has 0 amide bonds. The van der Waals surface area contributed by atoms with E-state index in [1.165, 1.54) is 0 Å². The first-order valence-electron chi connectivity index (χ1n) is 5.00. The Morgan fingerprint density at radius 2 is 2.33 bits per heavy atom. The Kier molecular flexibility index (Phi) is 1.74. The van der Waals surface area contributed by atoms with E-state index in [0.29, 0.717) is 23.7 Å². The summed E-state index contributed by atoms with van der Waals surface area (Å²) in [6.45, 7) is 0. The number of H-pyrrole nitrogens is 1. The van der Waals surface area contributed by atoms with Gasteiger partial charge in [-0.05, 0) is 25.0 Å². The molecule has 15 heavy (non-hydrogen) atoms. The molecule has 1 N–H and O–H groups in total. The lowest BCUT2D eigenvalue weighted by Crippen LogP contribution is -2.09. The van der Waals surface area contributed by atoms with Crippen molar-refractivity contribution in [1.29, 1.82) is 0 Å². The van der Waals surface area contributed by atoms with Gasteiger partial charge in [-0.1, -0.05) is 0 Å². The zero-order valence-corrected chi connectivity index (χ0v) is 8.12. The van der Waals surface area contributed by atoms with Crippen molar-refractivity contribution in [2.75, 3.05) is 0 Å². The molecule has 4 nitrogen and oxygen atoms in total. The molecule has 1 aliphatic rings. The molecule has 0 bridgehead atoms.